The molecule has 2 rings (SSSR count). The second-order valence-corrected chi connectivity index (χ2v) is 4.02. The first-order chi connectivity index (χ1) is 7.40. The number of hydrogen-bond acceptors (Lipinski definition) is 3. The summed E-state index contributed by atoms with van der Waals surface area (Å²) in [4.78, 5) is 6.74. The maximum atomic E-state index is 4.31. The van der Waals surface area contributed by atoms with Gasteiger partial charge in [-0.05, 0) is 25.3 Å². The SMILES string of the molecule is CCCNc1cc(N2CCCC2)ccn1. The quantitative estimate of drug-likeness (QED) is 0.818. The van der Waals surface area contributed by atoms with Gasteiger partial charge in [0, 0.05) is 37.6 Å². The molecule has 0 radical (unpaired) electrons. The van der Waals surface area contributed by atoms with Crippen LogP contribution in [0.15, 0.2) is 18.3 Å². The van der Waals surface area contributed by atoms with Gasteiger partial charge in [0.2, 0.25) is 0 Å². The molecule has 1 aliphatic heterocycles. The Labute approximate surface area is 91.5 Å². The molecule has 1 N–H and O–H groups in total. The summed E-state index contributed by atoms with van der Waals surface area (Å²) in [5.74, 6) is 1.00. The molecule has 0 unspecified atom stereocenters. The Kier molecular flexibility index (Phi) is 3.43. The second kappa shape index (κ2) is 5.01. The number of anilines is 2. The van der Waals surface area contributed by atoms with Crippen molar-refractivity contribution < 1.29 is 0 Å². The Hall–Kier alpha value is -1.25. The van der Waals surface area contributed by atoms with Crippen molar-refractivity contribution in [3.8, 4) is 0 Å². The molecule has 1 aliphatic rings. The number of nitrogens with zero attached hydrogens (tertiary/aromatic N) is 2. The predicted molar refractivity (Wildman–Crippen MR) is 64.5 cm³/mol. The molecular formula is C12H19N3. The third-order valence-corrected chi connectivity index (χ3v) is 2.77. The molecule has 2 heterocycles. The van der Waals surface area contributed by atoms with E-state index in [4.69, 9.17) is 0 Å². The van der Waals surface area contributed by atoms with Gasteiger partial charge in [-0.3, -0.25) is 0 Å². The molecule has 1 aromatic rings. The normalized spacial score (nSPS) is 15.7. The standard InChI is InChI=1S/C12H19N3/c1-2-6-13-12-10-11(5-7-14-12)15-8-3-4-9-15/h5,7,10H,2-4,6,8-9H2,1H3,(H,13,14). The van der Waals surface area contributed by atoms with Crippen LogP contribution >= 0.6 is 0 Å². The molecule has 1 saturated heterocycles. The highest BCUT2D eigenvalue weighted by Gasteiger charge is 2.12. The molecule has 0 spiro atoms. The van der Waals surface area contributed by atoms with Crippen LogP contribution in [0.4, 0.5) is 11.5 Å². The highest BCUT2D eigenvalue weighted by molar-refractivity contribution is 5.54. The highest BCUT2D eigenvalue weighted by Crippen LogP contribution is 2.21. The Morgan fingerprint density at radius 1 is 1.40 bits per heavy atom. The summed E-state index contributed by atoms with van der Waals surface area (Å²) in [7, 11) is 0. The van der Waals surface area contributed by atoms with Crippen molar-refractivity contribution >= 4 is 11.5 Å². The largest absolute Gasteiger partial charge is 0.371 e. The van der Waals surface area contributed by atoms with E-state index < -0.39 is 0 Å². The topological polar surface area (TPSA) is 28.2 Å². The number of hydrogen-bond donors (Lipinski definition) is 1. The average molecular weight is 205 g/mol. The first-order valence-electron chi connectivity index (χ1n) is 5.85. The van der Waals surface area contributed by atoms with Crippen LogP contribution < -0.4 is 10.2 Å². The Morgan fingerprint density at radius 3 is 2.93 bits per heavy atom. The van der Waals surface area contributed by atoms with Crippen molar-refractivity contribution in [2.24, 2.45) is 0 Å². The fourth-order valence-electron chi connectivity index (χ4n) is 1.94. The fourth-order valence-corrected chi connectivity index (χ4v) is 1.94. The zero-order valence-electron chi connectivity index (χ0n) is 9.37. The summed E-state index contributed by atoms with van der Waals surface area (Å²) in [6.45, 7) is 5.54. The zero-order valence-corrected chi connectivity index (χ0v) is 9.37. The van der Waals surface area contributed by atoms with Crippen LogP contribution in [0.5, 0.6) is 0 Å². The van der Waals surface area contributed by atoms with Crippen molar-refractivity contribution in [3.05, 3.63) is 18.3 Å². The molecule has 0 bridgehead atoms. The highest BCUT2D eigenvalue weighted by atomic mass is 15.1. The molecule has 0 amide bonds. The Morgan fingerprint density at radius 2 is 2.20 bits per heavy atom. The van der Waals surface area contributed by atoms with Crippen LogP contribution in [0.3, 0.4) is 0 Å². The van der Waals surface area contributed by atoms with Crippen molar-refractivity contribution in [2.75, 3.05) is 29.9 Å². The van der Waals surface area contributed by atoms with Gasteiger partial charge in [0.15, 0.2) is 0 Å². The van der Waals surface area contributed by atoms with E-state index in [2.05, 4.69) is 34.3 Å². The minimum absolute atomic E-state index is 0.996. The summed E-state index contributed by atoms with van der Waals surface area (Å²) >= 11 is 0. The van der Waals surface area contributed by atoms with E-state index in [0.717, 1.165) is 18.8 Å². The molecule has 15 heavy (non-hydrogen) atoms. The van der Waals surface area contributed by atoms with Crippen molar-refractivity contribution in [2.45, 2.75) is 26.2 Å². The number of pyridine rings is 1. The van der Waals surface area contributed by atoms with Crippen LogP contribution in [-0.4, -0.2) is 24.6 Å². The molecule has 0 aliphatic carbocycles. The van der Waals surface area contributed by atoms with Crippen LogP contribution in [0.1, 0.15) is 26.2 Å². The van der Waals surface area contributed by atoms with E-state index in [1.807, 2.05) is 6.20 Å². The van der Waals surface area contributed by atoms with Gasteiger partial charge < -0.3 is 10.2 Å². The van der Waals surface area contributed by atoms with Gasteiger partial charge in [0.25, 0.3) is 0 Å². The van der Waals surface area contributed by atoms with E-state index in [1.165, 1.54) is 31.6 Å². The lowest BCUT2D eigenvalue weighted by Crippen LogP contribution is -2.17. The minimum Gasteiger partial charge on any atom is -0.371 e. The van der Waals surface area contributed by atoms with Crippen LogP contribution in [0.2, 0.25) is 0 Å². The van der Waals surface area contributed by atoms with E-state index >= 15 is 0 Å². The molecule has 1 aromatic heterocycles. The first kappa shape index (κ1) is 10.3. The van der Waals surface area contributed by atoms with Gasteiger partial charge in [-0.15, -0.1) is 0 Å². The third-order valence-electron chi connectivity index (χ3n) is 2.77. The molecule has 82 valence electrons. The van der Waals surface area contributed by atoms with Gasteiger partial charge >= 0.3 is 0 Å². The zero-order chi connectivity index (χ0) is 10.5. The number of rotatable bonds is 4. The minimum atomic E-state index is 0.996. The van der Waals surface area contributed by atoms with Gasteiger partial charge in [0.05, 0.1) is 0 Å². The van der Waals surface area contributed by atoms with Crippen LogP contribution in [0, 0.1) is 0 Å². The molecule has 0 aromatic carbocycles. The molecule has 0 saturated carbocycles. The predicted octanol–water partition coefficient (Wildman–Crippen LogP) is 2.50. The summed E-state index contributed by atoms with van der Waals surface area (Å²) in [6.07, 6.45) is 5.67. The van der Waals surface area contributed by atoms with Crippen LogP contribution in [0.25, 0.3) is 0 Å². The van der Waals surface area contributed by atoms with Crippen molar-refractivity contribution in [3.63, 3.8) is 0 Å². The summed E-state index contributed by atoms with van der Waals surface area (Å²) in [5.41, 5.74) is 1.31. The van der Waals surface area contributed by atoms with Gasteiger partial charge in [-0.2, -0.15) is 0 Å². The maximum absolute atomic E-state index is 4.31. The number of aromatic nitrogens is 1. The smallest absolute Gasteiger partial charge is 0.127 e. The third kappa shape index (κ3) is 2.61. The Bertz CT molecular complexity index is 305. The molecule has 1 fully saturated rings. The first-order valence-corrected chi connectivity index (χ1v) is 5.85. The molecular weight excluding hydrogens is 186 g/mol. The summed E-state index contributed by atoms with van der Waals surface area (Å²) < 4.78 is 0. The maximum Gasteiger partial charge on any atom is 0.127 e. The lowest BCUT2D eigenvalue weighted by atomic mass is 10.3. The van der Waals surface area contributed by atoms with Gasteiger partial charge in [-0.1, -0.05) is 6.92 Å². The monoisotopic (exact) mass is 205 g/mol. The fraction of sp³-hybridized carbons (Fsp3) is 0.583. The molecule has 3 nitrogen and oxygen atoms in total. The lowest BCUT2D eigenvalue weighted by molar-refractivity contribution is 0.949. The van der Waals surface area contributed by atoms with Crippen molar-refractivity contribution in [1.82, 2.24) is 4.98 Å². The van der Waals surface area contributed by atoms with E-state index in [9.17, 15) is 0 Å². The molecule has 0 atom stereocenters. The van der Waals surface area contributed by atoms with E-state index in [1.54, 1.807) is 0 Å². The second-order valence-electron chi connectivity index (χ2n) is 4.02. The number of nitrogens with one attached hydrogen (secondary N) is 1. The van der Waals surface area contributed by atoms with Gasteiger partial charge in [0.1, 0.15) is 5.82 Å². The summed E-state index contributed by atoms with van der Waals surface area (Å²) in [6, 6.07) is 4.25. The molecule has 3 heteroatoms. The lowest BCUT2D eigenvalue weighted by Gasteiger charge is -2.18. The van der Waals surface area contributed by atoms with Crippen LogP contribution in [-0.2, 0) is 0 Å². The van der Waals surface area contributed by atoms with E-state index in [0.29, 0.717) is 0 Å². The van der Waals surface area contributed by atoms with E-state index in [-0.39, 0.29) is 0 Å². The average Bonchev–Trinajstić information content (AvgIpc) is 2.80. The van der Waals surface area contributed by atoms with Crippen molar-refractivity contribution in [1.29, 1.82) is 0 Å². The summed E-state index contributed by atoms with van der Waals surface area (Å²) in [5, 5.41) is 3.32. The van der Waals surface area contributed by atoms with Gasteiger partial charge in [-0.25, -0.2) is 4.98 Å². The Balaban J connectivity index is 2.04.